The first-order valence-electron chi connectivity index (χ1n) is 9.10. The van der Waals surface area contributed by atoms with Crippen molar-refractivity contribution in [3.8, 4) is 0 Å². The van der Waals surface area contributed by atoms with Crippen LogP contribution in [0.15, 0.2) is 29.2 Å². The van der Waals surface area contributed by atoms with Crippen LogP contribution in [-0.4, -0.2) is 13.0 Å². The number of unbranched alkanes of at least 4 members (excludes halogenated alkanes) is 10. The molecule has 5 heteroatoms. The van der Waals surface area contributed by atoms with E-state index in [1.165, 1.54) is 76.3 Å². The topological polar surface area (TPSA) is 54.4 Å². The monoisotopic (exact) mass is 380 g/mol. The van der Waals surface area contributed by atoms with Crippen LogP contribution in [0.2, 0.25) is 0 Å². The Balaban J connectivity index is 0. The summed E-state index contributed by atoms with van der Waals surface area (Å²) in [5, 5.41) is 0. The van der Waals surface area contributed by atoms with E-state index in [-0.39, 0.29) is 57.7 Å². The quantitative estimate of drug-likeness (QED) is 0.325. The first-order chi connectivity index (χ1) is 11.0. The molecule has 0 saturated heterocycles. The summed E-state index contributed by atoms with van der Waals surface area (Å²) in [5.74, 6) is 0. The molecule has 0 aliphatic heterocycles. The molecule has 0 amide bonds. The zero-order valence-electron chi connectivity index (χ0n) is 16.5. The third kappa shape index (κ3) is 12.2. The molecule has 0 unspecified atom stereocenters. The molecule has 1 rings (SSSR count). The van der Waals surface area contributed by atoms with Crippen molar-refractivity contribution in [1.29, 1.82) is 0 Å². The van der Waals surface area contributed by atoms with Gasteiger partial charge in [-0.1, -0.05) is 83.3 Å². The van der Waals surface area contributed by atoms with E-state index in [2.05, 4.69) is 6.92 Å². The Morgan fingerprint density at radius 1 is 0.792 bits per heavy atom. The number of hydrogen-bond donors (Lipinski definition) is 1. The van der Waals surface area contributed by atoms with E-state index in [4.69, 9.17) is 4.55 Å². The van der Waals surface area contributed by atoms with E-state index in [1.54, 1.807) is 12.1 Å². The largest absolute Gasteiger partial charge is 1.00 e. The van der Waals surface area contributed by atoms with Crippen molar-refractivity contribution in [2.75, 3.05) is 0 Å². The first kappa shape index (κ1) is 24.8. The SMILES string of the molecule is CCCCCCCCCCCCCc1ccc(S(=O)(=O)O)cc1.[H-].[K+]. The molecule has 0 aromatic heterocycles. The normalized spacial score (nSPS) is 11.2. The molecule has 1 aromatic rings. The van der Waals surface area contributed by atoms with Crippen LogP contribution in [0.4, 0.5) is 0 Å². The predicted molar refractivity (Wildman–Crippen MR) is 97.5 cm³/mol. The van der Waals surface area contributed by atoms with Crippen molar-refractivity contribution in [2.24, 2.45) is 0 Å². The van der Waals surface area contributed by atoms with Crippen LogP contribution in [0, 0.1) is 0 Å². The van der Waals surface area contributed by atoms with E-state index in [9.17, 15) is 8.42 Å². The van der Waals surface area contributed by atoms with Gasteiger partial charge in [-0.15, -0.1) is 0 Å². The molecule has 134 valence electrons. The summed E-state index contributed by atoms with van der Waals surface area (Å²) in [7, 11) is -4.07. The van der Waals surface area contributed by atoms with Crippen molar-refractivity contribution in [3.05, 3.63) is 29.8 Å². The summed E-state index contributed by atoms with van der Waals surface area (Å²) in [6.45, 7) is 2.25. The third-order valence-electron chi connectivity index (χ3n) is 4.29. The number of hydrogen-bond acceptors (Lipinski definition) is 2. The molecule has 0 heterocycles. The second-order valence-electron chi connectivity index (χ2n) is 6.40. The van der Waals surface area contributed by atoms with Gasteiger partial charge in [0.15, 0.2) is 0 Å². The smallest absolute Gasteiger partial charge is 1.00 e. The molecule has 0 fully saturated rings. The average molecular weight is 381 g/mol. The third-order valence-corrected chi connectivity index (χ3v) is 5.16. The van der Waals surface area contributed by atoms with Crippen molar-refractivity contribution in [2.45, 2.75) is 88.9 Å². The molecule has 0 bridgehead atoms. The van der Waals surface area contributed by atoms with Gasteiger partial charge in [-0.25, -0.2) is 0 Å². The van der Waals surface area contributed by atoms with Crippen LogP contribution in [0.1, 0.15) is 84.5 Å². The fourth-order valence-corrected chi connectivity index (χ4v) is 3.30. The maximum atomic E-state index is 11.0. The fraction of sp³-hybridized carbons (Fsp3) is 0.684. The average Bonchev–Trinajstić information content (AvgIpc) is 2.52. The minimum absolute atomic E-state index is 0. The van der Waals surface area contributed by atoms with Crippen LogP contribution in [0.5, 0.6) is 0 Å². The number of aryl methyl sites for hydroxylation is 1. The van der Waals surface area contributed by atoms with Gasteiger partial charge in [-0.05, 0) is 30.5 Å². The molecule has 1 N–H and O–H groups in total. The summed E-state index contributed by atoms with van der Waals surface area (Å²) in [6, 6.07) is 6.53. The van der Waals surface area contributed by atoms with Crippen LogP contribution in [-0.2, 0) is 16.5 Å². The number of benzene rings is 1. The van der Waals surface area contributed by atoms with E-state index in [0.29, 0.717) is 0 Å². The Morgan fingerprint density at radius 2 is 1.21 bits per heavy atom. The van der Waals surface area contributed by atoms with Gasteiger partial charge in [0.05, 0.1) is 4.90 Å². The van der Waals surface area contributed by atoms with Gasteiger partial charge in [0, 0.05) is 0 Å². The van der Waals surface area contributed by atoms with Crippen LogP contribution < -0.4 is 51.4 Å². The summed E-state index contributed by atoms with van der Waals surface area (Å²) in [5.41, 5.74) is 1.13. The minimum Gasteiger partial charge on any atom is -1.00 e. The van der Waals surface area contributed by atoms with Gasteiger partial charge in [-0.2, -0.15) is 8.42 Å². The van der Waals surface area contributed by atoms with Gasteiger partial charge in [0.25, 0.3) is 10.1 Å². The summed E-state index contributed by atoms with van der Waals surface area (Å²) < 4.78 is 30.8. The minimum atomic E-state index is -4.07. The van der Waals surface area contributed by atoms with Crippen molar-refractivity contribution in [3.63, 3.8) is 0 Å². The van der Waals surface area contributed by atoms with Crippen LogP contribution in [0.3, 0.4) is 0 Å². The molecule has 0 aliphatic rings. The molecule has 0 aliphatic carbocycles. The predicted octanol–water partition coefficient (Wildman–Crippen LogP) is 2.90. The van der Waals surface area contributed by atoms with E-state index >= 15 is 0 Å². The molecule has 0 radical (unpaired) electrons. The Bertz CT molecular complexity index is 518. The van der Waals surface area contributed by atoms with E-state index in [0.717, 1.165) is 18.4 Å². The standard InChI is InChI=1S/C19H32O3S.K.H/c1-2-3-4-5-6-7-8-9-10-11-12-13-18-14-16-19(17-15-18)23(20,21)22;;/h14-17H,2-13H2,1H3,(H,20,21,22);;/q;+1;-1. The summed E-state index contributed by atoms with van der Waals surface area (Å²) in [6.07, 6.45) is 15.6. The van der Waals surface area contributed by atoms with Crippen LogP contribution in [0.25, 0.3) is 0 Å². The fourth-order valence-electron chi connectivity index (χ4n) is 2.82. The van der Waals surface area contributed by atoms with Gasteiger partial charge in [0.1, 0.15) is 0 Å². The molecule has 1 aromatic carbocycles. The van der Waals surface area contributed by atoms with Gasteiger partial charge < -0.3 is 1.43 Å². The van der Waals surface area contributed by atoms with Crippen molar-refractivity contribution in [1.82, 2.24) is 0 Å². The second kappa shape index (κ2) is 14.9. The number of rotatable bonds is 13. The van der Waals surface area contributed by atoms with Crippen LogP contribution >= 0.6 is 0 Å². The zero-order chi connectivity index (χ0) is 17.0. The van der Waals surface area contributed by atoms with Gasteiger partial charge in [0.2, 0.25) is 0 Å². The van der Waals surface area contributed by atoms with Gasteiger partial charge >= 0.3 is 51.4 Å². The second-order valence-corrected chi connectivity index (χ2v) is 7.83. The molecule has 0 saturated carbocycles. The zero-order valence-corrected chi connectivity index (χ0v) is 19.4. The summed E-state index contributed by atoms with van der Waals surface area (Å²) in [4.78, 5) is -0.0276. The Kier molecular flexibility index (Phi) is 15.4. The molecule has 3 nitrogen and oxygen atoms in total. The maximum Gasteiger partial charge on any atom is 1.00 e. The molecular formula is C19H33KO3S. The van der Waals surface area contributed by atoms with Crippen molar-refractivity contribution >= 4 is 10.1 Å². The Morgan fingerprint density at radius 3 is 1.62 bits per heavy atom. The molecule has 0 atom stereocenters. The first-order valence-corrected chi connectivity index (χ1v) is 10.5. The molecule has 24 heavy (non-hydrogen) atoms. The summed E-state index contributed by atoms with van der Waals surface area (Å²) >= 11 is 0. The maximum absolute atomic E-state index is 11.0. The molecular weight excluding hydrogens is 347 g/mol. The van der Waals surface area contributed by atoms with E-state index in [1.807, 2.05) is 0 Å². The Hall–Kier alpha value is 0.766. The molecule has 0 spiro atoms. The Labute approximate surface area is 192 Å². The van der Waals surface area contributed by atoms with E-state index < -0.39 is 10.1 Å². The van der Waals surface area contributed by atoms with Crippen molar-refractivity contribution < 1.29 is 65.8 Å². The van der Waals surface area contributed by atoms with Gasteiger partial charge in [-0.3, -0.25) is 4.55 Å².